The van der Waals surface area contributed by atoms with E-state index in [1.54, 1.807) is 11.8 Å². The number of carbonyl (C=O) groups excluding carboxylic acids is 1. The molecule has 0 radical (unpaired) electrons. The number of aliphatic imine (C=N–C) groups is 1. The van der Waals surface area contributed by atoms with Gasteiger partial charge in [-0.15, -0.1) is 0 Å². The first-order valence-electron chi connectivity index (χ1n) is 10.4. The number of nitrogens with zero attached hydrogens (tertiary/aromatic N) is 3. The highest BCUT2D eigenvalue weighted by molar-refractivity contribution is 8.14. The Balaban J connectivity index is 1.79. The van der Waals surface area contributed by atoms with Gasteiger partial charge in [0, 0.05) is 16.9 Å². The van der Waals surface area contributed by atoms with Crippen LogP contribution in [0, 0.1) is 11.3 Å². The zero-order chi connectivity index (χ0) is 22.0. The van der Waals surface area contributed by atoms with Gasteiger partial charge in [-0.3, -0.25) is 4.99 Å². The summed E-state index contributed by atoms with van der Waals surface area (Å²) in [5.74, 6) is 0.665. The van der Waals surface area contributed by atoms with E-state index < -0.39 is 0 Å². The lowest BCUT2D eigenvalue weighted by molar-refractivity contribution is 0.0526. The minimum absolute atomic E-state index is 0.00366. The van der Waals surface area contributed by atoms with Crippen LogP contribution in [0.4, 0.5) is 5.69 Å². The van der Waals surface area contributed by atoms with Crippen molar-refractivity contribution in [3.05, 3.63) is 70.8 Å². The standard InChI is InChI=1S/C25H25N3O2S/c1-4-30-23(29)18-9-11-21-20(15-18)25(2,3)22(28(21)24-27-13-14-31-24)12-10-17-7-5-6-8-19(17)16-26/h5-12,15,22H,4,13-14H2,1-3H3. The molecule has 0 bridgehead atoms. The molecule has 0 saturated carbocycles. The van der Waals surface area contributed by atoms with E-state index in [9.17, 15) is 10.1 Å². The van der Waals surface area contributed by atoms with Gasteiger partial charge in [-0.1, -0.05) is 56.0 Å². The van der Waals surface area contributed by atoms with Crippen LogP contribution in [0.2, 0.25) is 0 Å². The van der Waals surface area contributed by atoms with Crippen LogP contribution in [-0.4, -0.2) is 36.1 Å². The summed E-state index contributed by atoms with van der Waals surface area (Å²) in [6, 6.07) is 15.6. The number of anilines is 1. The molecule has 5 nitrogen and oxygen atoms in total. The number of nitriles is 1. The Morgan fingerprint density at radius 2 is 2.16 bits per heavy atom. The van der Waals surface area contributed by atoms with Crippen molar-refractivity contribution in [3.8, 4) is 6.07 Å². The van der Waals surface area contributed by atoms with Gasteiger partial charge in [0.15, 0.2) is 5.17 Å². The molecule has 0 aliphatic carbocycles. The number of ether oxygens (including phenoxy) is 1. The highest BCUT2D eigenvalue weighted by atomic mass is 32.2. The average Bonchev–Trinajstić information content (AvgIpc) is 3.37. The zero-order valence-electron chi connectivity index (χ0n) is 18.0. The predicted molar refractivity (Wildman–Crippen MR) is 127 cm³/mol. The van der Waals surface area contributed by atoms with Crippen molar-refractivity contribution in [2.75, 3.05) is 23.8 Å². The summed E-state index contributed by atoms with van der Waals surface area (Å²) >= 11 is 1.75. The van der Waals surface area contributed by atoms with Crippen LogP contribution in [-0.2, 0) is 10.2 Å². The number of amidine groups is 1. The largest absolute Gasteiger partial charge is 0.462 e. The number of fused-ring (bicyclic) bond motifs is 1. The quantitative estimate of drug-likeness (QED) is 0.636. The van der Waals surface area contributed by atoms with Gasteiger partial charge in [0.25, 0.3) is 0 Å². The molecule has 0 amide bonds. The van der Waals surface area contributed by atoms with Gasteiger partial charge in [0.1, 0.15) is 0 Å². The van der Waals surface area contributed by atoms with Gasteiger partial charge in [0.05, 0.1) is 36.4 Å². The van der Waals surface area contributed by atoms with Crippen LogP contribution < -0.4 is 4.90 Å². The molecule has 0 fully saturated rings. The fourth-order valence-corrected chi connectivity index (χ4v) is 5.09. The average molecular weight is 432 g/mol. The Labute approximate surface area is 187 Å². The minimum atomic E-state index is -0.304. The molecule has 2 aliphatic heterocycles. The van der Waals surface area contributed by atoms with Gasteiger partial charge < -0.3 is 9.64 Å². The number of carbonyl (C=O) groups is 1. The number of hydrogen-bond acceptors (Lipinski definition) is 6. The summed E-state index contributed by atoms with van der Waals surface area (Å²) in [5, 5.41) is 10.4. The Bertz CT molecular complexity index is 1110. The topological polar surface area (TPSA) is 65.7 Å². The summed E-state index contributed by atoms with van der Waals surface area (Å²) in [6.45, 7) is 7.34. The van der Waals surface area contributed by atoms with E-state index in [1.807, 2.05) is 55.5 Å². The lowest BCUT2D eigenvalue weighted by Gasteiger charge is -2.31. The molecule has 2 aliphatic rings. The van der Waals surface area contributed by atoms with Gasteiger partial charge in [0.2, 0.25) is 0 Å². The maximum absolute atomic E-state index is 12.3. The van der Waals surface area contributed by atoms with Crippen molar-refractivity contribution in [3.63, 3.8) is 0 Å². The molecule has 158 valence electrons. The summed E-state index contributed by atoms with van der Waals surface area (Å²) < 4.78 is 5.22. The van der Waals surface area contributed by atoms with Crippen molar-refractivity contribution >= 4 is 34.7 Å². The molecule has 6 heteroatoms. The molecule has 1 unspecified atom stereocenters. The monoisotopic (exact) mass is 431 g/mol. The number of esters is 1. The van der Waals surface area contributed by atoms with Crippen LogP contribution in [0.1, 0.15) is 47.8 Å². The van der Waals surface area contributed by atoms with Crippen LogP contribution in [0.25, 0.3) is 6.08 Å². The first-order chi connectivity index (χ1) is 15.0. The van der Waals surface area contributed by atoms with Crippen molar-refractivity contribution in [1.29, 1.82) is 5.26 Å². The van der Waals surface area contributed by atoms with E-state index in [0.29, 0.717) is 17.7 Å². The fraction of sp³-hybridized carbons (Fsp3) is 0.320. The van der Waals surface area contributed by atoms with E-state index in [1.165, 1.54) is 0 Å². The molecule has 2 aromatic carbocycles. The van der Waals surface area contributed by atoms with Gasteiger partial charge in [-0.05, 0) is 42.3 Å². The molecule has 0 aromatic heterocycles. The van der Waals surface area contributed by atoms with Crippen molar-refractivity contribution < 1.29 is 9.53 Å². The Kier molecular flexibility index (Phi) is 5.88. The molecule has 2 aromatic rings. The Hall–Kier alpha value is -3.04. The maximum Gasteiger partial charge on any atom is 0.338 e. The second-order valence-electron chi connectivity index (χ2n) is 8.06. The number of benzene rings is 2. The molecule has 1 atom stereocenters. The third-order valence-electron chi connectivity index (χ3n) is 5.79. The van der Waals surface area contributed by atoms with E-state index in [-0.39, 0.29) is 17.4 Å². The van der Waals surface area contributed by atoms with E-state index in [0.717, 1.165) is 34.3 Å². The van der Waals surface area contributed by atoms with Crippen LogP contribution >= 0.6 is 11.8 Å². The lowest BCUT2D eigenvalue weighted by Crippen LogP contribution is -2.42. The smallest absolute Gasteiger partial charge is 0.338 e. The first-order valence-corrected chi connectivity index (χ1v) is 11.4. The normalized spacial score (nSPS) is 19.2. The van der Waals surface area contributed by atoms with Crippen LogP contribution in [0.3, 0.4) is 0 Å². The molecule has 31 heavy (non-hydrogen) atoms. The second-order valence-corrected chi connectivity index (χ2v) is 9.12. The summed E-state index contributed by atoms with van der Waals surface area (Å²) in [6.07, 6.45) is 4.18. The highest BCUT2D eigenvalue weighted by Gasteiger charge is 2.46. The van der Waals surface area contributed by atoms with E-state index >= 15 is 0 Å². The molecule has 0 spiro atoms. The highest BCUT2D eigenvalue weighted by Crippen LogP contribution is 2.48. The minimum Gasteiger partial charge on any atom is -0.462 e. The summed E-state index contributed by atoms with van der Waals surface area (Å²) in [5.41, 5.74) is 3.99. The number of hydrogen-bond donors (Lipinski definition) is 0. The summed E-state index contributed by atoms with van der Waals surface area (Å²) in [7, 11) is 0. The van der Waals surface area contributed by atoms with Crippen LogP contribution in [0.15, 0.2) is 53.5 Å². The molecule has 4 rings (SSSR count). The SMILES string of the molecule is CCOC(=O)c1ccc2c(c1)C(C)(C)C(C=Cc1ccccc1C#N)N2C1=NCCS1. The van der Waals surface area contributed by atoms with Crippen molar-refractivity contribution in [2.45, 2.75) is 32.2 Å². The molecule has 0 saturated heterocycles. The molecule has 2 heterocycles. The third kappa shape index (κ3) is 3.86. The Morgan fingerprint density at radius 1 is 1.35 bits per heavy atom. The maximum atomic E-state index is 12.3. The van der Waals surface area contributed by atoms with Crippen molar-refractivity contribution in [2.24, 2.45) is 4.99 Å². The van der Waals surface area contributed by atoms with Gasteiger partial charge >= 0.3 is 5.97 Å². The Morgan fingerprint density at radius 3 is 2.87 bits per heavy atom. The molecule has 0 N–H and O–H groups in total. The van der Waals surface area contributed by atoms with E-state index in [4.69, 9.17) is 9.73 Å². The zero-order valence-corrected chi connectivity index (χ0v) is 18.8. The predicted octanol–water partition coefficient (Wildman–Crippen LogP) is 5.02. The first kappa shape index (κ1) is 21.2. The third-order valence-corrected chi connectivity index (χ3v) is 6.76. The number of rotatable bonds is 4. The van der Waals surface area contributed by atoms with Gasteiger partial charge in [-0.25, -0.2) is 4.79 Å². The molecular formula is C25H25N3O2S. The second kappa shape index (κ2) is 8.60. The number of thioether (sulfide) groups is 1. The van der Waals surface area contributed by atoms with Gasteiger partial charge in [-0.2, -0.15) is 5.26 Å². The van der Waals surface area contributed by atoms with Crippen molar-refractivity contribution in [1.82, 2.24) is 0 Å². The fourth-order valence-electron chi connectivity index (χ4n) is 4.19. The van der Waals surface area contributed by atoms with E-state index in [2.05, 4.69) is 30.9 Å². The summed E-state index contributed by atoms with van der Waals surface area (Å²) in [4.78, 5) is 19.4. The molecular weight excluding hydrogens is 406 g/mol. The van der Waals surface area contributed by atoms with Crippen LogP contribution in [0.5, 0.6) is 0 Å². The lowest BCUT2D eigenvalue weighted by atomic mass is 9.79.